The first kappa shape index (κ1) is 21.6. The predicted molar refractivity (Wildman–Crippen MR) is 96.6 cm³/mol. The molecular weight excluding hydrogens is 324 g/mol. The zero-order valence-electron chi connectivity index (χ0n) is 13.9. The van der Waals surface area contributed by atoms with E-state index in [1.54, 1.807) is 24.3 Å². The van der Waals surface area contributed by atoms with Crippen LogP contribution in [0.1, 0.15) is 40.5 Å². The molecule has 2 aromatic rings. The Kier molecular flexibility index (Phi) is 10.5. The molecular formula is C18H22N2O5. The molecule has 0 bridgehead atoms. The Morgan fingerprint density at radius 1 is 0.840 bits per heavy atom. The third-order valence-corrected chi connectivity index (χ3v) is 2.72. The van der Waals surface area contributed by atoms with Gasteiger partial charge in [0.05, 0.1) is 11.1 Å². The van der Waals surface area contributed by atoms with Gasteiger partial charge in [-0.15, -0.1) is 0 Å². The number of carbonyl (C=O) groups excluding carboxylic acids is 1. The second-order valence-corrected chi connectivity index (χ2v) is 4.81. The van der Waals surface area contributed by atoms with Crippen LogP contribution in [-0.4, -0.2) is 28.4 Å². The molecule has 7 heteroatoms. The first-order chi connectivity index (χ1) is 11.8. The molecule has 0 aliphatic carbocycles. The second kappa shape index (κ2) is 12.1. The summed E-state index contributed by atoms with van der Waals surface area (Å²) < 4.78 is 0. The van der Waals surface area contributed by atoms with Crippen molar-refractivity contribution in [1.29, 1.82) is 0 Å². The van der Waals surface area contributed by atoms with E-state index in [2.05, 4.69) is 0 Å². The number of rotatable bonds is 4. The number of carboxylic acid groups (broad SMARTS) is 2. The molecule has 0 saturated carbocycles. The van der Waals surface area contributed by atoms with Gasteiger partial charge in [-0.2, -0.15) is 0 Å². The van der Waals surface area contributed by atoms with Gasteiger partial charge >= 0.3 is 11.9 Å². The van der Waals surface area contributed by atoms with Crippen LogP contribution in [0.5, 0.6) is 0 Å². The highest BCUT2D eigenvalue weighted by Crippen LogP contribution is 2.05. The largest absolute Gasteiger partial charge is 0.478 e. The monoisotopic (exact) mass is 346 g/mol. The Hall–Kier alpha value is -3.35. The van der Waals surface area contributed by atoms with Crippen molar-refractivity contribution < 1.29 is 24.6 Å². The molecule has 0 heterocycles. The van der Waals surface area contributed by atoms with Gasteiger partial charge in [-0.05, 0) is 55.0 Å². The van der Waals surface area contributed by atoms with Gasteiger partial charge in [0.2, 0.25) is 0 Å². The molecule has 25 heavy (non-hydrogen) atoms. The Morgan fingerprint density at radius 2 is 1.16 bits per heavy atom. The lowest BCUT2D eigenvalue weighted by Gasteiger charge is -1.93. The highest BCUT2D eigenvalue weighted by atomic mass is 16.4. The van der Waals surface area contributed by atoms with Crippen LogP contribution >= 0.6 is 0 Å². The lowest BCUT2D eigenvalue weighted by Crippen LogP contribution is -1.95. The summed E-state index contributed by atoms with van der Waals surface area (Å²) in [5.41, 5.74) is 12.3. The minimum atomic E-state index is -0.931. The number of anilines is 2. The van der Waals surface area contributed by atoms with Gasteiger partial charge in [-0.25, -0.2) is 9.59 Å². The highest BCUT2D eigenvalue weighted by molar-refractivity contribution is 5.88. The maximum absolute atomic E-state index is 10.3. The van der Waals surface area contributed by atoms with Crippen molar-refractivity contribution in [2.24, 2.45) is 0 Å². The lowest BCUT2D eigenvalue weighted by atomic mass is 10.2. The average molecular weight is 346 g/mol. The Bertz CT molecular complexity index is 611. The smallest absolute Gasteiger partial charge is 0.335 e. The molecule has 134 valence electrons. The molecule has 0 atom stereocenters. The summed E-state index contributed by atoms with van der Waals surface area (Å²) in [5.74, 6) is -1.86. The molecule has 2 aromatic carbocycles. The van der Waals surface area contributed by atoms with E-state index in [1.807, 2.05) is 6.92 Å². The van der Waals surface area contributed by atoms with Crippen molar-refractivity contribution in [2.45, 2.75) is 19.8 Å². The van der Waals surface area contributed by atoms with Gasteiger partial charge in [-0.1, -0.05) is 6.92 Å². The number of aromatic carboxylic acids is 2. The van der Waals surface area contributed by atoms with E-state index in [1.165, 1.54) is 24.3 Å². The van der Waals surface area contributed by atoms with Crippen LogP contribution in [0.3, 0.4) is 0 Å². The molecule has 0 fully saturated rings. The molecule has 0 unspecified atom stereocenters. The zero-order valence-corrected chi connectivity index (χ0v) is 13.9. The van der Waals surface area contributed by atoms with E-state index in [0.29, 0.717) is 17.8 Å². The lowest BCUT2D eigenvalue weighted by molar-refractivity contribution is -0.107. The molecule has 0 amide bonds. The van der Waals surface area contributed by atoms with Gasteiger partial charge in [0.1, 0.15) is 6.29 Å². The van der Waals surface area contributed by atoms with E-state index >= 15 is 0 Å². The van der Waals surface area contributed by atoms with Crippen LogP contribution in [0.15, 0.2) is 48.5 Å². The minimum Gasteiger partial charge on any atom is -0.478 e. The van der Waals surface area contributed by atoms with E-state index in [9.17, 15) is 14.4 Å². The van der Waals surface area contributed by atoms with E-state index in [-0.39, 0.29) is 11.1 Å². The molecule has 0 aromatic heterocycles. The fourth-order valence-corrected chi connectivity index (χ4v) is 1.37. The van der Waals surface area contributed by atoms with Gasteiger partial charge < -0.3 is 26.5 Å². The average Bonchev–Trinajstić information content (AvgIpc) is 2.57. The van der Waals surface area contributed by atoms with Gasteiger partial charge in [0.15, 0.2) is 0 Å². The maximum atomic E-state index is 10.3. The molecule has 2 rings (SSSR count). The summed E-state index contributed by atoms with van der Waals surface area (Å²) in [4.78, 5) is 29.9. The van der Waals surface area contributed by atoms with Crippen LogP contribution in [0, 0.1) is 0 Å². The Morgan fingerprint density at radius 3 is 1.32 bits per heavy atom. The molecule has 0 aliphatic heterocycles. The first-order valence-electron chi connectivity index (χ1n) is 7.43. The normalized spacial score (nSPS) is 8.84. The van der Waals surface area contributed by atoms with Crippen LogP contribution in [0.25, 0.3) is 0 Å². The van der Waals surface area contributed by atoms with E-state index < -0.39 is 11.9 Å². The molecule has 0 saturated heterocycles. The van der Waals surface area contributed by atoms with Crippen LogP contribution in [0.2, 0.25) is 0 Å². The first-order valence-corrected chi connectivity index (χ1v) is 7.43. The standard InChI is InChI=1S/2C7H7NO2.C4H8O/c2*8-6-3-1-5(2-4-6)7(9)10;1-2-3-4-5/h2*1-4H,8H2,(H,9,10);4H,2-3H2,1H3. The zero-order chi connectivity index (χ0) is 19.2. The van der Waals surface area contributed by atoms with Crippen LogP contribution in [0.4, 0.5) is 11.4 Å². The summed E-state index contributed by atoms with van der Waals surface area (Å²) in [7, 11) is 0. The molecule has 0 radical (unpaired) electrons. The van der Waals surface area contributed by atoms with E-state index in [4.69, 9.17) is 21.7 Å². The number of hydrogen-bond donors (Lipinski definition) is 4. The molecule has 6 N–H and O–H groups in total. The van der Waals surface area contributed by atoms with Gasteiger partial charge in [0, 0.05) is 17.8 Å². The summed E-state index contributed by atoms with van der Waals surface area (Å²) >= 11 is 0. The predicted octanol–water partition coefficient (Wildman–Crippen LogP) is 2.92. The van der Waals surface area contributed by atoms with Crippen LogP contribution < -0.4 is 11.5 Å². The quantitative estimate of drug-likeness (QED) is 0.492. The highest BCUT2D eigenvalue weighted by Gasteiger charge is 1.99. The van der Waals surface area contributed by atoms with Crippen LogP contribution in [-0.2, 0) is 4.79 Å². The number of aldehydes is 1. The van der Waals surface area contributed by atoms with Gasteiger partial charge in [0.25, 0.3) is 0 Å². The number of carbonyl (C=O) groups is 3. The van der Waals surface area contributed by atoms with Crippen molar-refractivity contribution in [3.05, 3.63) is 59.7 Å². The number of unbranched alkanes of at least 4 members (excludes halogenated alkanes) is 1. The van der Waals surface area contributed by atoms with Crippen molar-refractivity contribution in [3.63, 3.8) is 0 Å². The third-order valence-electron chi connectivity index (χ3n) is 2.72. The fraction of sp³-hybridized carbons (Fsp3) is 0.167. The Balaban J connectivity index is 0.000000368. The number of benzene rings is 2. The fourth-order valence-electron chi connectivity index (χ4n) is 1.37. The van der Waals surface area contributed by atoms with Crippen molar-refractivity contribution in [3.8, 4) is 0 Å². The van der Waals surface area contributed by atoms with Crippen molar-refractivity contribution in [1.82, 2.24) is 0 Å². The third kappa shape index (κ3) is 10.1. The number of nitrogens with two attached hydrogens (primary N) is 2. The van der Waals surface area contributed by atoms with Gasteiger partial charge in [-0.3, -0.25) is 0 Å². The van der Waals surface area contributed by atoms with Crippen molar-refractivity contribution in [2.75, 3.05) is 11.5 Å². The Labute approximate surface area is 145 Å². The topological polar surface area (TPSA) is 144 Å². The second-order valence-electron chi connectivity index (χ2n) is 4.81. The van der Waals surface area contributed by atoms with E-state index in [0.717, 1.165) is 12.7 Å². The summed E-state index contributed by atoms with van der Waals surface area (Å²) in [5, 5.41) is 16.9. The number of carboxylic acids is 2. The molecule has 0 spiro atoms. The summed E-state index contributed by atoms with van der Waals surface area (Å²) in [6, 6.07) is 12.1. The SMILES string of the molecule is CCCC=O.Nc1ccc(C(=O)O)cc1.Nc1ccc(C(=O)O)cc1. The number of nitrogen functional groups attached to an aromatic ring is 2. The summed E-state index contributed by atoms with van der Waals surface area (Å²) in [6.07, 6.45) is 2.61. The molecule has 0 aliphatic rings. The summed E-state index contributed by atoms with van der Waals surface area (Å²) in [6.45, 7) is 1.98. The molecule has 7 nitrogen and oxygen atoms in total. The maximum Gasteiger partial charge on any atom is 0.335 e. The number of hydrogen-bond acceptors (Lipinski definition) is 5. The minimum absolute atomic E-state index is 0.259. The van der Waals surface area contributed by atoms with Crippen molar-refractivity contribution >= 4 is 29.6 Å².